The minimum atomic E-state index is 0.548. The van der Waals surface area contributed by atoms with Crippen LogP contribution in [0.1, 0.15) is 26.7 Å². The van der Waals surface area contributed by atoms with Crippen LogP contribution in [0.2, 0.25) is 0 Å². The lowest BCUT2D eigenvalue weighted by molar-refractivity contribution is 0.122. The summed E-state index contributed by atoms with van der Waals surface area (Å²) in [5.74, 6) is 1.22. The average molecular weight is 205 g/mol. The first-order valence-corrected chi connectivity index (χ1v) is 6.54. The summed E-state index contributed by atoms with van der Waals surface area (Å²) < 4.78 is 5.42. The van der Waals surface area contributed by atoms with Crippen molar-refractivity contribution in [2.24, 2.45) is 0 Å². The predicted molar refractivity (Wildman–Crippen MR) is 61.6 cm³/mol. The van der Waals surface area contributed by atoms with Crippen LogP contribution >= 0.6 is 11.8 Å². The molecular weight excluding hydrogens is 182 g/mol. The van der Waals surface area contributed by atoms with E-state index in [1.165, 1.54) is 18.6 Å². The van der Waals surface area contributed by atoms with E-state index in [1.54, 1.807) is 0 Å². The Bertz CT molecular complexity index is 81.9. The third kappa shape index (κ3) is 8.60. The predicted octanol–water partition coefficient (Wildman–Crippen LogP) is 2.14. The van der Waals surface area contributed by atoms with Crippen molar-refractivity contribution in [3.63, 3.8) is 0 Å². The van der Waals surface area contributed by atoms with Gasteiger partial charge in [0.2, 0.25) is 0 Å². The highest BCUT2D eigenvalue weighted by Crippen LogP contribution is 2.01. The third-order valence-electron chi connectivity index (χ3n) is 1.88. The van der Waals surface area contributed by atoms with Crippen LogP contribution in [0.4, 0.5) is 0 Å². The Hall–Kier alpha value is 0.270. The molecule has 0 aromatic carbocycles. The van der Waals surface area contributed by atoms with Gasteiger partial charge in [0.05, 0.1) is 6.61 Å². The van der Waals surface area contributed by atoms with E-state index in [9.17, 15) is 0 Å². The van der Waals surface area contributed by atoms with Crippen LogP contribution in [0, 0.1) is 0 Å². The highest BCUT2D eigenvalue weighted by Gasteiger charge is 2.06. The van der Waals surface area contributed by atoms with Crippen molar-refractivity contribution < 1.29 is 4.74 Å². The largest absolute Gasteiger partial charge is 0.380 e. The molecule has 0 aromatic heterocycles. The standard InChI is InChI=1S/C10H23NOS/c1-4-7-11-10(6-8-13-3)9-12-5-2/h10-11H,4-9H2,1-3H3. The van der Waals surface area contributed by atoms with Gasteiger partial charge in [0, 0.05) is 12.6 Å². The zero-order valence-corrected chi connectivity index (χ0v) is 9.95. The molecule has 0 aliphatic carbocycles. The number of thioether (sulfide) groups is 1. The van der Waals surface area contributed by atoms with E-state index in [0.29, 0.717) is 6.04 Å². The van der Waals surface area contributed by atoms with Crippen LogP contribution in [0.25, 0.3) is 0 Å². The van der Waals surface area contributed by atoms with Crippen LogP contribution in [-0.4, -0.2) is 37.8 Å². The molecule has 1 atom stereocenters. The van der Waals surface area contributed by atoms with Gasteiger partial charge in [-0.15, -0.1) is 0 Å². The number of hydrogen-bond donors (Lipinski definition) is 1. The highest BCUT2D eigenvalue weighted by atomic mass is 32.2. The fourth-order valence-electron chi connectivity index (χ4n) is 1.11. The summed E-state index contributed by atoms with van der Waals surface area (Å²) in [5, 5.41) is 3.50. The Kier molecular flexibility index (Phi) is 10.6. The van der Waals surface area contributed by atoms with Gasteiger partial charge >= 0.3 is 0 Å². The zero-order valence-electron chi connectivity index (χ0n) is 9.14. The number of rotatable bonds is 9. The van der Waals surface area contributed by atoms with Gasteiger partial charge in [0.25, 0.3) is 0 Å². The highest BCUT2D eigenvalue weighted by molar-refractivity contribution is 7.98. The molecule has 0 aromatic rings. The zero-order chi connectivity index (χ0) is 9.94. The monoisotopic (exact) mass is 205 g/mol. The molecule has 0 heterocycles. The second-order valence-corrected chi connectivity index (χ2v) is 4.08. The molecule has 0 fully saturated rings. The van der Waals surface area contributed by atoms with Crippen molar-refractivity contribution in [2.75, 3.05) is 31.8 Å². The Morgan fingerprint density at radius 2 is 2.15 bits per heavy atom. The van der Waals surface area contributed by atoms with E-state index >= 15 is 0 Å². The van der Waals surface area contributed by atoms with Gasteiger partial charge in [-0.05, 0) is 38.3 Å². The number of nitrogens with one attached hydrogen (secondary N) is 1. The Balaban J connectivity index is 3.47. The summed E-state index contributed by atoms with van der Waals surface area (Å²) in [6.45, 7) is 7.03. The molecule has 0 amide bonds. The van der Waals surface area contributed by atoms with Gasteiger partial charge in [-0.25, -0.2) is 0 Å². The summed E-state index contributed by atoms with van der Waals surface area (Å²) in [6, 6.07) is 0.548. The third-order valence-corrected chi connectivity index (χ3v) is 2.52. The molecule has 13 heavy (non-hydrogen) atoms. The van der Waals surface area contributed by atoms with Crippen molar-refractivity contribution in [1.29, 1.82) is 0 Å². The summed E-state index contributed by atoms with van der Waals surface area (Å²) >= 11 is 1.90. The molecule has 0 saturated heterocycles. The fourth-order valence-corrected chi connectivity index (χ4v) is 1.63. The molecule has 0 aliphatic rings. The van der Waals surface area contributed by atoms with Gasteiger partial charge in [-0.2, -0.15) is 11.8 Å². The second kappa shape index (κ2) is 10.4. The van der Waals surface area contributed by atoms with E-state index in [-0.39, 0.29) is 0 Å². The van der Waals surface area contributed by atoms with Gasteiger partial charge in [0.15, 0.2) is 0 Å². The van der Waals surface area contributed by atoms with Gasteiger partial charge in [-0.3, -0.25) is 0 Å². The van der Waals surface area contributed by atoms with Gasteiger partial charge in [-0.1, -0.05) is 6.92 Å². The second-order valence-electron chi connectivity index (χ2n) is 3.09. The first kappa shape index (κ1) is 13.3. The molecule has 80 valence electrons. The molecule has 2 nitrogen and oxygen atoms in total. The van der Waals surface area contributed by atoms with Crippen molar-refractivity contribution in [2.45, 2.75) is 32.7 Å². The first-order chi connectivity index (χ1) is 6.35. The van der Waals surface area contributed by atoms with Crippen LogP contribution < -0.4 is 5.32 Å². The maximum absolute atomic E-state index is 5.42. The molecule has 1 unspecified atom stereocenters. The Morgan fingerprint density at radius 3 is 2.69 bits per heavy atom. The van der Waals surface area contributed by atoms with E-state index in [1.807, 2.05) is 18.7 Å². The molecule has 0 saturated carbocycles. The molecule has 0 bridgehead atoms. The molecule has 3 heteroatoms. The minimum Gasteiger partial charge on any atom is -0.380 e. The molecule has 0 spiro atoms. The van der Waals surface area contributed by atoms with E-state index < -0.39 is 0 Å². The number of hydrogen-bond acceptors (Lipinski definition) is 3. The SMILES string of the molecule is CCCNC(CCSC)COCC. The van der Waals surface area contributed by atoms with Crippen molar-refractivity contribution in [3.05, 3.63) is 0 Å². The lowest BCUT2D eigenvalue weighted by Gasteiger charge is -2.17. The summed E-state index contributed by atoms with van der Waals surface area (Å²) in [7, 11) is 0. The molecule has 0 rings (SSSR count). The molecule has 0 radical (unpaired) electrons. The molecule has 0 aliphatic heterocycles. The maximum Gasteiger partial charge on any atom is 0.0619 e. The summed E-state index contributed by atoms with van der Waals surface area (Å²) in [4.78, 5) is 0. The van der Waals surface area contributed by atoms with Crippen LogP contribution in [-0.2, 0) is 4.74 Å². The quantitative estimate of drug-likeness (QED) is 0.623. The lowest BCUT2D eigenvalue weighted by atomic mass is 10.2. The fraction of sp³-hybridized carbons (Fsp3) is 1.00. The molecule has 1 N–H and O–H groups in total. The van der Waals surface area contributed by atoms with Crippen molar-refractivity contribution in [1.82, 2.24) is 5.32 Å². The lowest BCUT2D eigenvalue weighted by Crippen LogP contribution is -2.34. The van der Waals surface area contributed by atoms with Crippen molar-refractivity contribution >= 4 is 11.8 Å². The first-order valence-electron chi connectivity index (χ1n) is 5.15. The number of ether oxygens (including phenoxy) is 1. The minimum absolute atomic E-state index is 0.548. The van der Waals surface area contributed by atoms with Gasteiger partial charge in [0.1, 0.15) is 0 Å². The van der Waals surface area contributed by atoms with E-state index in [0.717, 1.165) is 19.8 Å². The Morgan fingerprint density at radius 1 is 1.38 bits per heavy atom. The average Bonchev–Trinajstić information content (AvgIpc) is 2.17. The Labute approximate surface area is 86.8 Å². The normalized spacial score (nSPS) is 13.2. The van der Waals surface area contributed by atoms with Crippen LogP contribution in [0.3, 0.4) is 0 Å². The van der Waals surface area contributed by atoms with Crippen LogP contribution in [0.5, 0.6) is 0 Å². The van der Waals surface area contributed by atoms with E-state index in [4.69, 9.17) is 4.74 Å². The smallest absolute Gasteiger partial charge is 0.0619 e. The molecular formula is C10H23NOS. The van der Waals surface area contributed by atoms with Gasteiger partial charge < -0.3 is 10.1 Å². The summed E-state index contributed by atoms with van der Waals surface area (Å²) in [6.07, 6.45) is 4.56. The maximum atomic E-state index is 5.42. The van der Waals surface area contributed by atoms with Crippen molar-refractivity contribution in [3.8, 4) is 0 Å². The summed E-state index contributed by atoms with van der Waals surface area (Å²) in [5.41, 5.74) is 0. The topological polar surface area (TPSA) is 21.3 Å². The van der Waals surface area contributed by atoms with Crippen LogP contribution in [0.15, 0.2) is 0 Å². The van der Waals surface area contributed by atoms with E-state index in [2.05, 4.69) is 18.5 Å².